The van der Waals surface area contributed by atoms with Crippen LogP contribution >= 0.6 is 0 Å². The molecule has 0 aromatic carbocycles. The monoisotopic (exact) mass is 255 g/mol. The Morgan fingerprint density at radius 1 is 1.50 bits per heavy atom. The third kappa shape index (κ3) is 3.59. The van der Waals surface area contributed by atoms with Crippen LogP contribution in [0.25, 0.3) is 0 Å². The van der Waals surface area contributed by atoms with Crippen LogP contribution in [0.2, 0.25) is 0 Å². The van der Waals surface area contributed by atoms with Gasteiger partial charge in [0.15, 0.2) is 5.76 Å². The number of carbonyl (C=O) groups is 2. The number of methoxy groups -OCH3 is 1. The number of carbonyl (C=O) groups excluding carboxylic acids is 1. The molecular formula is C12H17NO5. The SMILES string of the molecule is COCC(NC(=O)c1cc(C(=O)O)co1)C(C)C. The predicted molar refractivity (Wildman–Crippen MR) is 63.6 cm³/mol. The molecule has 1 amide bonds. The largest absolute Gasteiger partial charge is 0.478 e. The molecule has 0 spiro atoms. The molecule has 1 rings (SSSR count). The highest BCUT2D eigenvalue weighted by molar-refractivity contribution is 5.95. The summed E-state index contributed by atoms with van der Waals surface area (Å²) in [4.78, 5) is 22.5. The van der Waals surface area contributed by atoms with E-state index in [4.69, 9.17) is 14.3 Å². The van der Waals surface area contributed by atoms with Gasteiger partial charge in [-0.15, -0.1) is 0 Å². The van der Waals surface area contributed by atoms with Crippen molar-refractivity contribution in [2.45, 2.75) is 19.9 Å². The Labute approximate surface area is 105 Å². The summed E-state index contributed by atoms with van der Waals surface area (Å²) in [5.74, 6) is -1.40. The summed E-state index contributed by atoms with van der Waals surface area (Å²) in [6, 6.07) is 1.04. The summed E-state index contributed by atoms with van der Waals surface area (Å²) in [6.07, 6.45) is 1.04. The standard InChI is InChI=1S/C12H17NO5/c1-7(2)9(6-17-3)13-11(14)10-4-8(5-18-10)12(15)16/h4-5,7,9H,6H2,1-3H3,(H,13,14)(H,15,16). The summed E-state index contributed by atoms with van der Waals surface area (Å²) >= 11 is 0. The van der Waals surface area contributed by atoms with Gasteiger partial charge in [-0.25, -0.2) is 4.79 Å². The fourth-order valence-corrected chi connectivity index (χ4v) is 1.39. The molecule has 18 heavy (non-hydrogen) atoms. The zero-order valence-corrected chi connectivity index (χ0v) is 10.6. The topological polar surface area (TPSA) is 88.8 Å². The molecule has 0 aliphatic rings. The molecule has 0 saturated heterocycles. The van der Waals surface area contributed by atoms with Crippen LogP contribution in [0.4, 0.5) is 0 Å². The van der Waals surface area contributed by atoms with E-state index in [0.29, 0.717) is 6.61 Å². The first kappa shape index (κ1) is 14.2. The lowest BCUT2D eigenvalue weighted by Gasteiger charge is -2.20. The van der Waals surface area contributed by atoms with E-state index in [1.165, 1.54) is 6.07 Å². The Bertz CT molecular complexity index is 424. The second-order valence-corrected chi connectivity index (χ2v) is 4.28. The van der Waals surface area contributed by atoms with Crippen LogP contribution in [0.5, 0.6) is 0 Å². The van der Waals surface area contributed by atoms with E-state index in [9.17, 15) is 9.59 Å². The molecule has 1 aromatic rings. The van der Waals surface area contributed by atoms with Crippen molar-refractivity contribution in [2.24, 2.45) is 5.92 Å². The number of rotatable bonds is 6. The smallest absolute Gasteiger partial charge is 0.338 e. The molecule has 1 unspecified atom stereocenters. The van der Waals surface area contributed by atoms with Crippen LogP contribution in [-0.2, 0) is 4.74 Å². The highest BCUT2D eigenvalue weighted by Gasteiger charge is 2.20. The third-order valence-corrected chi connectivity index (χ3v) is 2.54. The molecule has 0 saturated carbocycles. The Morgan fingerprint density at radius 3 is 2.61 bits per heavy atom. The molecule has 6 heteroatoms. The zero-order chi connectivity index (χ0) is 13.7. The molecule has 0 fully saturated rings. The average Bonchev–Trinajstić information content (AvgIpc) is 2.77. The molecule has 6 nitrogen and oxygen atoms in total. The van der Waals surface area contributed by atoms with E-state index in [2.05, 4.69) is 5.32 Å². The number of furan rings is 1. The summed E-state index contributed by atoms with van der Waals surface area (Å²) in [6.45, 7) is 4.29. The normalized spacial score (nSPS) is 12.4. The van der Waals surface area contributed by atoms with Crippen molar-refractivity contribution in [3.63, 3.8) is 0 Å². The van der Waals surface area contributed by atoms with Gasteiger partial charge in [-0.05, 0) is 5.92 Å². The zero-order valence-electron chi connectivity index (χ0n) is 10.6. The van der Waals surface area contributed by atoms with Crippen LogP contribution in [0.15, 0.2) is 16.7 Å². The first-order valence-electron chi connectivity index (χ1n) is 5.57. The van der Waals surface area contributed by atoms with E-state index >= 15 is 0 Å². The van der Waals surface area contributed by atoms with E-state index in [1.54, 1.807) is 7.11 Å². The molecule has 0 radical (unpaired) electrons. The maximum atomic E-state index is 11.8. The Hall–Kier alpha value is -1.82. The molecule has 0 aliphatic carbocycles. The van der Waals surface area contributed by atoms with E-state index in [1.807, 2.05) is 13.8 Å². The molecule has 100 valence electrons. The van der Waals surface area contributed by atoms with Gasteiger partial charge in [-0.2, -0.15) is 0 Å². The van der Waals surface area contributed by atoms with Gasteiger partial charge in [-0.3, -0.25) is 4.79 Å². The summed E-state index contributed by atoms with van der Waals surface area (Å²) < 4.78 is 9.92. The van der Waals surface area contributed by atoms with Crippen LogP contribution in [0.3, 0.4) is 0 Å². The highest BCUT2D eigenvalue weighted by Crippen LogP contribution is 2.09. The van der Waals surface area contributed by atoms with Gasteiger partial charge in [0.2, 0.25) is 0 Å². The van der Waals surface area contributed by atoms with Crippen LogP contribution in [0, 0.1) is 5.92 Å². The minimum atomic E-state index is -1.13. The van der Waals surface area contributed by atoms with Gasteiger partial charge in [0.25, 0.3) is 5.91 Å². The number of carboxylic acid groups (broad SMARTS) is 1. The van der Waals surface area contributed by atoms with Gasteiger partial charge in [-0.1, -0.05) is 13.8 Å². The Kier molecular flexibility index (Phi) is 4.91. The molecule has 2 N–H and O–H groups in total. The fraction of sp³-hybridized carbons (Fsp3) is 0.500. The summed E-state index contributed by atoms with van der Waals surface area (Å²) in [5.41, 5.74) is -0.0482. The molecule has 1 atom stereocenters. The van der Waals surface area contributed by atoms with Crippen molar-refractivity contribution in [1.82, 2.24) is 5.32 Å². The third-order valence-electron chi connectivity index (χ3n) is 2.54. The quantitative estimate of drug-likeness (QED) is 0.801. The van der Waals surface area contributed by atoms with Crippen molar-refractivity contribution < 1.29 is 23.8 Å². The first-order chi connectivity index (χ1) is 8.45. The Balaban J connectivity index is 2.71. The van der Waals surface area contributed by atoms with Gasteiger partial charge < -0.3 is 19.6 Å². The number of carboxylic acids is 1. The number of ether oxygens (including phenoxy) is 1. The van der Waals surface area contributed by atoms with Crippen LogP contribution in [0.1, 0.15) is 34.8 Å². The molecule has 1 heterocycles. The second kappa shape index (κ2) is 6.20. The average molecular weight is 255 g/mol. The predicted octanol–water partition coefficient (Wildman–Crippen LogP) is 1.38. The Morgan fingerprint density at radius 2 is 2.17 bits per heavy atom. The van der Waals surface area contributed by atoms with Crippen molar-refractivity contribution in [1.29, 1.82) is 0 Å². The fourth-order valence-electron chi connectivity index (χ4n) is 1.39. The minimum absolute atomic E-state index is 0.0193. The molecule has 1 aromatic heterocycles. The van der Waals surface area contributed by atoms with Crippen molar-refractivity contribution in [2.75, 3.05) is 13.7 Å². The minimum Gasteiger partial charge on any atom is -0.478 e. The van der Waals surface area contributed by atoms with E-state index in [0.717, 1.165) is 6.26 Å². The second-order valence-electron chi connectivity index (χ2n) is 4.28. The molecular weight excluding hydrogens is 238 g/mol. The van der Waals surface area contributed by atoms with Crippen molar-refractivity contribution in [3.05, 3.63) is 23.7 Å². The molecule has 0 aliphatic heterocycles. The van der Waals surface area contributed by atoms with E-state index in [-0.39, 0.29) is 23.3 Å². The van der Waals surface area contributed by atoms with Gasteiger partial charge in [0.05, 0.1) is 18.2 Å². The first-order valence-corrected chi connectivity index (χ1v) is 5.57. The van der Waals surface area contributed by atoms with Crippen molar-refractivity contribution >= 4 is 11.9 Å². The number of aromatic carboxylic acids is 1. The number of nitrogens with one attached hydrogen (secondary N) is 1. The van der Waals surface area contributed by atoms with Crippen molar-refractivity contribution in [3.8, 4) is 0 Å². The maximum absolute atomic E-state index is 11.8. The lowest BCUT2D eigenvalue weighted by Crippen LogP contribution is -2.41. The van der Waals surface area contributed by atoms with Crippen LogP contribution < -0.4 is 5.32 Å². The highest BCUT2D eigenvalue weighted by atomic mass is 16.5. The number of hydrogen-bond donors (Lipinski definition) is 2. The lowest BCUT2D eigenvalue weighted by molar-refractivity contribution is 0.0695. The van der Waals surface area contributed by atoms with Gasteiger partial charge in [0.1, 0.15) is 6.26 Å². The number of amides is 1. The van der Waals surface area contributed by atoms with Crippen LogP contribution in [-0.4, -0.2) is 36.7 Å². The summed E-state index contributed by atoms with van der Waals surface area (Å²) in [5, 5.41) is 11.5. The number of hydrogen-bond acceptors (Lipinski definition) is 4. The maximum Gasteiger partial charge on any atom is 0.338 e. The summed E-state index contributed by atoms with van der Waals surface area (Å²) in [7, 11) is 1.55. The van der Waals surface area contributed by atoms with Gasteiger partial charge >= 0.3 is 5.97 Å². The van der Waals surface area contributed by atoms with E-state index < -0.39 is 11.9 Å². The molecule has 0 bridgehead atoms. The van der Waals surface area contributed by atoms with Gasteiger partial charge in [0, 0.05) is 13.2 Å². The lowest BCUT2D eigenvalue weighted by atomic mass is 10.1.